The van der Waals surface area contributed by atoms with Crippen LogP contribution in [0.4, 0.5) is 0 Å². The van der Waals surface area contributed by atoms with Gasteiger partial charge in [-0.25, -0.2) is 0 Å². The highest BCUT2D eigenvalue weighted by molar-refractivity contribution is 7.12. The molecule has 2 fully saturated rings. The molecule has 1 aromatic rings. The molecule has 1 amide bonds. The molecule has 2 aliphatic heterocycles. The molecule has 2 saturated heterocycles. The van der Waals surface area contributed by atoms with Crippen LogP contribution in [-0.2, 0) is 9.47 Å². The fourth-order valence-electron chi connectivity index (χ4n) is 3.42. The summed E-state index contributed by atoms with van der Waals surface area (Å²) in [6.07, 6.45) is 0.958. The second-order valence-corrected chi connectivity index (χ2v) is 7.53. The molecular weight excluding hydrogens is 300 g/mol. The van der Waals surface area contributed by atoms with E-state index in [9.17, 15) is 4.79 Å². The van der Waals surface area contributed by atoms with Crippen molar-refractivity contribution in [2.45, 2.75) is 12.0 Å². The Balaban J connectivity index is 1.69. The number of hydrogen-bond acceptors (Lipinski definition) is 5. The van der Waals surface area contributed by atoms with Crippen molar-refractivity contribution in [3.05, 3.63) is 22.4 Å². The van der Waals surface area contributed by atoms with E-state index < -0.39 is 0 Å². The molecule has 0 bridgehead atoms. The van der Waals surface area contributed by atoms with Crippen LogP contribution in [0.25, 0.3) is 0 Å². The second-order valence-electron chi connectivity index (χ2n) is 6.58. The van der Waals surface area contributed by atoms with E-state index in [0.29, 0.717) is 32.2 Å². The normalized spacial score (nSPS) is 29.2. The van der Waals surface area contributed by atoms with Gasteiger partial charge in [0.25, 0.3) is 5.91 Å². The lowest BCUT2D eigenvalue weighted by atomic mass is 9.94. The summed E-state index contributed by atoms with van der Waals surface area (Å²) in [5.41, 5.74) is -0.329. The number of carbonyl (C=O) groups excluding carboxylic acids is 1. The molecule has 2 atom stereocenters. The predicted octanol–water partition coefficient (Wildman–Crippen LogP) is 1.56. The summed E-state index contributed by atoms with van der Waals surface area (Å²) in [7, 11) is 4.17. The lowest BCUT2D eigenvalue weighted by molar-refractivity contribution is -0.0539. The highest BCUT2D eigenvalue weighted by atomic mass is 32.1. The van der Waals surface area contributed by atoms with Gasteiger partial charge in [0, 0.05) is 13.1 Å². The molecule has 5 nitrogen and oxygen atoms in total. The van der Waals surface area contributed by atoms with E-state index in [4.69, 9.17) is 9.47 Å². The van der Waals surface area contributed by atoms with Crippen molar-refractivity contribution >= 4 is 17.2 Å². The Morgan fingerprint density at radius 2 is 2.41 bits per heavy atom. The van der Waals surface area contributed by atoms with E-state index in [-0.39, 0.29) is 11.5 Å². The van der Waals surface area contributed by atoms with Crippen molar-refractivity contribution in [3.63, 3.8) is 0 Å². The third kappa shape index (κ3) is 3.51. The van der Waals surface area contributed by atoms with Gasteiger partial charge in [0.05, 0.1) is 31.2 Å². The first-order valence-electron chi connectivity index (χ1n) is 7.77. The minimum atomic E-state index is -0.329. The van der Waals surface area contributed by atoms with E-state index in [0.717, 1.165) is 24.4 Å². The molecule has 6 heteroatoms. The van der Waals surface area contributed by atoms with Gasteiger partial charge in [-0.1, -0.05) is 6.07 Å². The van der Waals surface area contributed by atoms with Gasteiger partial charge in [-0.15, -0.1) is 11.3 Å². The molecule has 2 aliphatic rings. The molecule has 122 valence electrons. The smallest absolute Gasteiger partial charge is 0.264 e. The average molecular weight is 324 g/mol. The van der Waals surface area contributed by atoms with Crippen molar-refractivity contribution in [3.8, 4) is 0 Å². The van der Waals surface area contributed by atoms with Crippen LogP contribution in [0.2, 0.25) is 0 Å². The Bertz CT molecular complexity index is 505. The predicted molar refractivity (Wildman–Crippen MR) is 86.4 cm³/mol. The topological polar surface area (TPSA) is 42.0 Å². The van der Waals surface area contributed by atoms with Gasteiger partial charge in [0.15, 0.2) is 0 Å². The third-order valence-electron chi connectivity index (χ3n) is 4.28. The van der Waals surface area contributed by atoms with E-state index in [2.05, 4.69) is 19.0 Å². The molecule has 3 rings (SSSR count). The quantitative estimate of drug-likeness (QED) is 0.846. The Hall–Kier alpha value is -0.950. The van der Waals surface area contributed by atoms with Gasteiger partial charge in [-0.2, -0.15) is 0 Å². The molecule has 0 unspecified atom stereocenters. The number of ether oxygens (including phenoxy) is 2. The van der Waals surface area contributed by atoms with Crippen LogP contribution in [0.1, 0.15) is 16.1 Å². The van der Waals surface area contributed by atoms with E-state index in [1.165, 1.54) is 11.3 Å². The van der Waals surface area contributed by atoms with Crippen molar-refractivity contribution < 1.29 is 14.3 Å². The maximum atomic E-state index is 12.6. The summed E-state index contributed by atoms with van der Waals surface area (Å²) in [6.45, 7) is 4.21. The maximum Gasteiger partial charge on any atom is 0.264 e. The molecule has 0 aliphatic carbocycles. The number of rotatable bonds is 3. The zero-order valence-electron chi connectivity index (χ0n) is 13.3. The summed E-state index contributed by atoms with van der Waals surface area (Å²) >= 11 is 1.49. The molecule has 1 spiro atoms. The highest BCUT2D eigenvalue weighted by Crippen LogP contribution is 2.33. The SMILES string of the molecule is CN(C)C[C@H]1CO[C@@]2(COCCN(C(=O)c3cccs3)C2)C1. The maximum absolute atomic E-state index is 12.6. The summed E-state index contributed by atoms with van der Waals surface area (Å²) in [6, 6.07) is 3.80. The number of thiophene rings is 1. The summed E-state index contributed by atoms with van der Waals surface area (Å²) < 4.78 is 11.9. The summed E-state index contributed by atoms with van der Waals surface area (Å²) in [4.78, 5) is 17.5. The first-order valence-corrected chi connectivity index (χ1v) is 8.65. The van der Waals surface area contributed by atoms with E-state index >= 15 is 0 Å². The lowest BCUT2D eigenvalue weighted by Gasteiger charge is -2.31. The minimum Gasteiger partial charge on any atom is -0.377 e. The molecule has 0 radical (unpaired) electrons. The number of nitrogens with zero attached hydrogens (tertiary/aromatic N) is 2. The minimum absolute atomic E-state index is 0.0968. The van der Waals surface area contributed by atoms with Gasteiger partial charge in [-0.05, 0) is 37.9 Å². The van der Waals surface area contributed by atoms with Gasteiger partial charge >= 0.3 is 0 Å². The molecule has 1 aromatic heterocycles. The van der Waals surface area contributed by atoms with Crippen LogP contribution < -0.4 is 0 Å². The Labute approximate surface area is 135 Å². The standard InChI is InChI=1S/C16H24N2O3S/c1-17(2)9-13-8-16(21-10-13)11-18(5-6-20-12-16)15(19)14-4-3-7-22-14/h3-4,7,13H,5-6,8-12H2,1-2H3/t13-,16-/m0/s1. The first kappa shape index (κ1) is 15.9. The fourth-order valence-corrected chi connectivity index (χ4v) is 4.11. The largest absolute Gasteiger partial charge is 0.377 e. The van der Waals surface area contributed by atoms with Crippen LogP contribution in [-0.4, -0.2) is 74.9 Å². The van der Waals surface area contributed by atoms with Crippen LogP contribution >= 0.6 is 11.3 Å². The van der Waals surface area contributed by atoms with Gasteiger partial charge in [0.2, 0.25) is 0 Å². The van der Waals surface area contributed by atoms with E-state index in [1.807, 2.05) is 22.4 Å². The molecule has 0 N–H and O–H groups in total. The highest BCUT2D eigenvalue weighted by Gasteiger charge is 2.44. The second kappa shape index (κ2) is 6.66. The Kier molecular flexibility index (Phi) is 4.82. The fraction of sp³-hybridized carbons (Fsp3) is 0.688. The molecule has 3 heterocycles. The molecule has 22 heavy (non-hydrogen) atoms. The summed E-state index contributed by atoms with van der Waals surface area (Å²) in [5.74, 6) is 0.606. The van der Waals surface area contributed by atoms with Crippen molar-refractivity contribution in [1.82, 2.24) is 9.80 Å². The molecule has 0 aromatic carbocycles. The average Bonchev–Trinajstić information content (AvgIpc) is 3.07. The van der Waals surface area contributed by atoms with Crippen molar-refractivity contribution in [2.24, 2.45) is 5.92 Å². The Morgan fingerprint density at radius 1 is 1.55 bits per heavy atom. The van der Waals surface area contributed by atoms with E-state index in [1.54, 1.807) is 0 Å². The first-order chi connectivity index (χ1) is 10.6. The number of carbonyl (C=O) groups is 1. The molecule has 0 saturated carbocycles. The Morgan fingerprint density at radius 3 is 3.14 bits per heavy atom. The molecular formula is C16H24N2O3S. The zero-order chi connectivity index (χ0) is 15.6. The monoisotopic (exact) mass is 324 g/mol. The van der Waals surface area contributed by atoms with Crippen LogP contribution in [0, 0.1) is 5.92 Å². The summed E-state index contributed by atoms with van der Waals surface area (Å²) in [5, 5.41) is 1.94. The number of hydrogen-bond donors (Lipinski definition) is 0. The number of amides is 1. The van der Waals surface area contributed by atoms with Crippen molar-refractivity contribution in [2.75, 3.05) is 53.6 Å². The van der Waals surface area contributed by atoms with Gasteiger partial charge < -0.3 is 19.3 Å². The third-order valence-corrected chi connectivity index (χ3v) is 5.14. The van der Waals surface area contributed by atoms with Gasteiger partial charge in [0.1, 0.15) is 5.60 Å². The van der Waals surface area contributed by atoms with Gasteiger partial charge in [-0.3, -0.25) is 4.79 Å². The lowest BCUT2D eigenvalue weighted by Crippen LogP contribution is -2.46. The van der Waals surface area contributed by atoms with Crippen molar-refractivity contribution in [1.29, 1.82) is 0 Å². The van der Waals surface area contributed by atoms with Crippen LogP contribution in [0.15, 0.2) is 17.5 Å². The van der Waals surface area contributed by atoms with Crippen LogP contribution in [0.5, 0.6) is 0 Å². The van der Waals surface area contributed by atoms with Crippen LogP contribution in [0.3, 0.4) is 0 Å². The zero-order valence-corrected chi connectivity index (χ0v) is 14.1.